The third-order valence-corrected chi connectivity index (χ3v) is 4.04. The minimum Gasteiger partial charge on any atom is -0.368 e. The average molecular weight is 379 g/mol. The molecule has 3 heterocycles. The Balaban J connectivity index is 2.15. The van der Waals surface area contributed by atoms with Crippen molar-refractivity contribution in [2.75, 3.05) is 18.8 Å². The summed E-state index contributed by atoms with van der Waals surface area (Å²) in [7, 11) is 0. The van der Waals surface area contributed by atoms with Gasteiger partial charge in [-0.2, -0.15) is 4.98 Å². The van der Waals surface area contributed by atoms with E-state index in [0.717, 1.165) is 5.69 Å². The van der Waals surface area contributed by atoms with Crippen LogP contribution >= 0.6 is 15.9 Å². The lowest BCUT2D eigenvalue weighted by molar-refractivity contribution is 0.0891. The van der Waals surface area contributed by atoms with E-state index in [-0.39, 0.29) is 19.0 Å². The SMILES string of the molecule is C=C(Br)N=Cc1c(C2(F)CNC2)cn(-c2ccnc(N)n2)c1C. The number of rotatable bonds is 4. The average Bonchev–Trinajstić information content (AvgIpc) is 2.80. The lowest BCUT2D eigenvalue weighted by Gasteiger charge is -2.35. The summed E-state index contributed by atoms with van der Waals surface area (Å²) in [5, 5.41) is 2.97. The summed E-state index contributed by atoms with van der Waals surface area (Å²) in [6.07, 6.45) is 4.93. The van der Waals surface area contributed by atoms with Crippen molar-refractivity contribution >= 4 is 28.1 Å². The topological polar surface area (TPSA) is 81.1 Å². The van der Waals surface area contributed by atoms with Gasteiger partial charge in [-0.1, -0.05) is 6.58 Å². The summed E-state index contributed by atoms with van der Waals surface area (Å²) in [5.74, 6) is 0.755. The van der Waals surface area contributed by atoms with Crippen molar-refractivity contribution in [1.82, 2.24) is 19.9 Å². The van der Waals surface area contributed by atoms with Gasteiger partial charge in [-0.05, 0) is 28.9 Å². The van der Waals surface area contributed by atoms with Crippen molar-refractivity contribution in [2.45, 2.75) is 12.6 Å². The highest BCUT2D eigenvalue weighted by molar-refractivity contribution is 9.11. The van der Waals surface area contributed by atoms with E-state index in [1.54, 1.807) is 29.2 Å². The van der Waals surface area contributed by atoms with Crippen molar-refractivity contribution in [3.8, 4) is 5.82 Å². The Bertz CT molecular complexity index is 793. The van der Waals surface area contributed by atoms with Gasteiger partial charge < -0.3 is 15.6 Å². The summed E-state index contributed by atoms with van der Waals surface area (Å²) in [6.45, 7) is 6.11. The number of halogens is 2. The van der Waals surface area contributed by atoms with Crippen molar-refractivity contribution in [2.24, 2.45) is 4.99 Å². The largest absolute Gasteiger partial charge is 0.368 e. The fraction of sp³-hybridized carbons (Fsp3) is 0.267. The summed E-state index contributed by atoms with van der Waals surface area (Å²) in [4.78, 5) is 12.2. The fourth-order valence-electron chi connectivity index (χ4n) is 2.55. The highest BCUT2D eigenvalue weighted by atomic mass is 79.9. The molecule has 0 radical (unpaired) electrons. The molecular formula is C15H16BrFN6. The predicted molar refractivity (Wildman–Crippen MR) is 91.8 cm³/mol. The molecule has 0 unspecified atom stereocenters. The van der Waals surface area contributed by atoms with Crippen LogP contribution in [0.3, 0.4) is 0 Å². The Morgan fingerprint density at radius 3 is 2.91 bits per heavy atom. The van der Waals surface area contributed by atoms with Gasteiger partial charge in [0.05, 0.1) is 4.61 Å². The number of nitrogens with one attached hydrogen (secondary N) is 1. The minimum atomic E-state index is -1.41. The molecule has 1 fully saturated rings. The van der Waals surface area contributed by atoms with Gasteiger partial charge >= 0.3 is 0 Å². The van der Waals surface area contributed by atoms with E-state index in [4.69, 9.17) is 5.73 Å². The molecule has 1 saturated heterocycles. The molecular weight excluding hydrogens is 363 g/mol. The van der Waals surface area contributed by atoms with Crippen LogP contribution in [0.25, 0.3) is 5.82 Å². The maximum atomic E-state index is 15.0. The van der Waals surface area contributed by atoms with E-state index in [0.29, 0.717) is 21.6 Å². The maximum absolute atomic E-state index is 15.0. The molecule has 1 aliphatic rings. The van der Waals surface area contributed by atoms with Crippen molar-refractivity contribution < 1.29 is 4.39 Å². The van der Waals surface area contributed by atoms with Crippen LogP contribution in [0.1, 0.15) is 16.8 Å². The quantitative estimate of drug-likeness (QED) is 0.631. The molecule has 0 aliphatic carbocycles. The molecule has 23 heavy (non-hydrogen) atoms. The summed E-state index contributed by atoms with van der Waals surface area (Å²) in [5.41, 5.74) is 6.34. The number of hydrogen-bond donors (Lipinski definition) is 2. The molecule has 3 N–H and O–H groups in total. The van der Waals surface area contributed by atoms with Gasteiger partial charge in [0.1, 0.15) is 5.82 Å². The first-order valence-corrected chi connectivity index (χ1v) is 7.79. The second kappa shape index (κ2) is 5.86. The van der Waals surface area contributed by atoms with E-state index >= 15 is 0 Å². The van der Waals surface area contributed by atoms with Crippen molar-refractivity contribution in [1.29, 1.82) is 0 Å². The molecule has 1 aliphatic heterocycles. The van der Waals surface area contributed by atoms with Crippen molar-refractivity contribution in [3.63, 3.8) is 0 Å². The van der Waals surface area contributed by atoms with Crippen LogP contribution in [-0.4, -0.2) is 33.8 Å². The molecule has 0 aromatic carbocycles. The van der Waals surface area contributed by atoms with Crippen LogP contribution in [0.2, 0.25) is 0 Å². The molecule has 120 valence electrons. The monoisotopic (exact) mass is 378 g/mol. The number of anilines is 1. The maximum Gasteiger partial charge on any atom is 0.221 e. The van der Waals surface area contributed by atoms with Gasteiger partial charge in [-0.15, -0.1) is 0 Å². The first kappa shape index (κ1) is 15.8. The van der Waals surface area contributed by atoms with Crippen LogP contribution < -0.4 is 11.1 Å². The number of aliphatic imine (C=N–C) groups is 1. The second-order valence-corrected chi connectivity index (χ2v) is 6.30. The molecule has 3 rings (SSSR count). The third-order valence-electron chi connectivity index (χ3n) is 3.83. The van der Waals surface area contributed by atoms with Crippen LogP contribution in [0.5, 0.6) is 0 Å². The number of nitrogen functional groups attached to an aromatic ring is 1. The summed E-state index contributed by atoms with van der Waals surface area (Å²) in [6, 6.07) is 1.72. The van der Waals surface area contributed by atoms with E-state index < -0.39 is 5.67 Å². The molecule has 2 aromatic heterocycles. The molecule has 0 saturated carbocycles. The van der Waals surface area contributed by atoms with Gasteiger partial charge in [-0.25, -0.2) is 14.4 Å². The predicted octanol–water partition coefficient (Wildman–Crippen LogP) is 2.21. The van der Waals surface area contributed by atoms with E-state index in [1.807, 2.05) is 6.92 Å². The zero-order valence-electron chi connectivity index (χ0n) is 12.6. The number of aromatic nitrogens is 3. The van der Waals surface area contributed by atoms with Crippen LogP contribution in [0.4, 0.5) is 10.3 Å². The normalized spacial score (nSPS) is 16.5. The van der Waals surface area contributed by atoms with E-state index in [1.165, 1.54) is 0 Å². The Morgan fingerprint density at radius 1 is 1.61 bits per heavy atom. The van der Waals surface area contributed by atoms with Crippen LogP contribution in [0, 0.1) is 6.92 Å². The number of hydrogen-bond acceptors (Lipinski definition) is 5. The Labute approximate surface area is 141 Å². The number of nitrogens with two attached hydrogens (primary N) is 1. The third kappa shape index (κ3) is 2.91. The van der Waals surface area contributed by atoms with Gasteiger partial charge in [0, 0.05) is 48.5 Å². The first-order valence-electron chi connectivity index (χ1n) is 7.00. The zero-order valence-corrected chi connectivity index (χ0v) is 14.1. The van der Waals surface area contributed by atoms with Gasteiger partial charge in [0.25, 0.3) is 0 Å². The Morgan fingerprint density at radius 2 is 2.35 bits per heavy atom. The lowest BCUT2D eigenvalue weighted by Crippen LogP contribution is -2.53. The Hall–Kier alpha value is -2.06. The fourth-order valence-corrected chi connectivity index (χ4v) is 2.65. The smallest absolute Gasteiger partial charge is 0.221 e. The highest BCUT2D eigenvalue weighted by Gasteiger charge is 2.42. The second-order valence-electron chi connectivity index (χ2n) is 5.39. The van der Waals surface area contributed by atoms with E-state index in [2.05, 4.69) is 42.8 Å². The lowest BCUT2D eigenvalue weighted by atomic mass is 9.89. The molecule has 0 atom stereocenters. The van der Waals surface area contributed by atoms with Gasteiger partial charge in [0.15, 0.2) is 5.67 Å². The zero-order chi connectivity index (χ0) is 16.6. The standard InChI is InChI=1S/C15H16BrFN6/c1-9-11(5-21-10(2)16)12(15(17)7-19-8-15)6-23(9)13-3-4-20-14(18)22-13/h3-6,19H,2,7-8H2,1H3,(H2,18,20,22). The van der Waals surface area contributed by atoms with E-state index in [9.17, 15) is 4.39 Å². The molecule has 0 spiro atoms. The summed E-state index contributed by atoms with van der Waals surface area (Å²) < 4.78 is 17.3. The van der Waals surface area contributed by atoms with Gasteiger partial charge in [-0.3, -0.25) is 0 Å². The molecule has 2 aromatic rings. The molecule has 0 bridgehead atoms. The van der Waals surface area contributed by atoms with Crippen LogP contribution in [0.15, 0.2) is 34.6 Å². The highest BCUT2D eigenvalue weighted by Crippen LogP contribution is 2.35. The molecule has 0 amide bonds. The minimum absolute atomic E-state index is 0.168. The number of nitrogens with zero attached hydrogens (tertiary/aromatic N) is 4. The van der Waals surface area contributed by atoms with Gasteiger partial charge in [0.2, 0.25) is 5.95 Å². The number of alkyl halides is 1. The first-order chi connectivity index (χ1) is 10.9. The van der Waals surface area contributed by atoms with Crippen LogP contribution in [-0.2, 0) is 5.67 Å². The Kier molecular flexibility index (Phi) is 4.03. The molecule has 6 nitrogen and oxygen atoms in total. The van der Waals surface area contributed by atoms with Crippen molar-refractivity contribution in [3.05, 3.63) is 46.5 Å². The summed E-state index contributed by atoms with van der Waals surface area (Å²) >= 11 is 3.18. The molecule has 8 heteroatoms.